The summed E-state index contributed by atoms with van der Waals surface area (Å²) in [5, 5.41) is -0.535. The lowest BCUT2D eigenvalue weighted by atomic mass is 10.2. The third-order valence-electron chi connectivity index (χ3n) is 5.07. The number of nitrogens with zero attached hydrogens (tertiary/aromatic N) is 3. The maximum absolute atomic E-state index is 13.0. The lowest BCUT2D eigenvalue weighted by molar-refractivity contribution is -0.137. The number of likely N-dealkylation sites (tertiary alicyclic amines) is 1. The first-order valence-corrected chi connectivity index (χ1v) is 10.8. The molecule has 28 heavy (non-hydrogen) atoms. The number of benzene rings is 1. The van der Waals surface area contributed by atoms with E-state index in [1.807, 2.05) is 0 Å². The van der Waals surface area contributed by atoms with E-state index in [0.29, 0.717) is 38.7 Å². The van der Waals surface area contributed by atoms with Gasteiger partial charge < -0.3 is 4.90 Å². The summed E-state index contributed by atoms with van der Waals surface area (Å²) >= 11 is 5.57. The number of amides is 1. The van der Waals surface area contributed by atoms with E-state index in [1.54, 1.807) is 4.90 Å². The first-order valence-electron chi connectivity index (χ1n) is 8.96. The monoisotopic (exact) mass is 439 g/mol. The molecule has 0 atom stereocenters. The Balaban J connectivity index is 1.62. The van der Waals surface area contributed by atoms with Crippen LogP contribution in [0.4, 0.5) is 13.2 Å². The average molecular weight is 440 g/mol. The van der Waals surface area contributed by atoms with Crippen molar-refractivity contribution in [2.45, 2.75) is 23.9 Å². The minimum Gasteiger partial charge on any atom is -0.341 e. The van der Waals surface area contributed by atoms with Gasteiger partial charge in [0, 0.05) is 52.2 Å². The predicted molar refractivity (Wildman–Crippen MR) is 97.5 cm³/mol. The molecule has 2 aliphatic rings. The summed E-state index contributed by atoms with van der Waals surface area (Å²) in [5.74, 6) is 0.143. The van der Waals surface area contributed by atoms with Gasteiger partial charge in [-0.05, 0) is 24.6 Å². The largest absolute Gasteiger partial charge is 0.417 e. The Kier molecular flexibility index (Phi) is 6.23. The zero-order valence-corrected chi connectivity index (χ0v) is 16.7. The van der Waals surface area contributed by atoms with Crippen molar-refractivity contribution in [3.63, 3.8) is 0 Å². The first-order chi connectivity index (χ1) is 13.1. The number of carbonyl (C=O) groups excluding carboxylic acids is 1. The number of alkyl halides is 3. The van der Waals surface area contributed by atoms with Crippen LogP contribution >= 0.6 is 11.6 Å². The molecule has 2 heterocycles. The third kappa shape index (κ3) is 4.61. The van der Waals surface area contributed by atoms with Crippen LogP contribution in [0.2, 0.25) is 5.02 Å². The molecule has 156 valence electrons. The third-order valence-corrected chi connectivity index (χ3v) is 7.29. The van der Waals surface area contributed by atoms with Crippen LogP contribution in [0.15, 0.2) is 23.1 Å². The molecule has 6 nitrogen and oxygen atoms in total. The van der Waals surface area contributed by atoms with Crippen LogP contribution in [0.5, 0.6) is 0 Å². The first kappa shape index (κ1) is 21.4. The normalized spacial score (nSPS) is 20.1. The summed E-state index contributed by atoms with van der Waals surface area (Å²) in [4.78, 5) is 15.1. The van der Waals surface area contributed by atoms with Gasteiger partial charge in [-0.25, -0.2) is 8.42 Å². The molecule has 11 heteroatoms. The summed E-state index contributed by atoms with van der Waals surface area (Å²) in [6, 6.07) is 2.64. The summed E-state index contributed by atoms with van der Waals surface area (Å²) in [6.45, 7) is 3.30. The molecule has 0 N–H and O–H groups in total. The van der Waals surface area contributed by atoms with Crippen molar-refractivity contribution in [3.8, 4) is 0 Å². The molecule has 0 unspecified atom stereocenters. The van der Waals surface area contributed by atoms with E-state index < -0.39 is 31.7 Å². The second kappa shape index (κ2) is 8.17. The molecule has 0 spiro atoms. The zero-order valence-electron chi connectivity index (χ0n) is 15.1. The van der Waals surface area contributed by atoms with Gasteiger partial charge in [0.15, 0.2) is 0 Å². The van der Waals surface area contributed by atoms with Crippen LogP contribution in [-0.4, -0.2) is 74.2 Å². The molecular weight excluding hydrogens is 419 g/mol. The maximum atomic E-state index is 13.0. The molecule has 0 aromatic heterocycles. The van der Waals surface area contributed by atoms with E-state index in [4.69, 9.17) is 11.6 Å². The number of rotatable bonds is 5. The molecule has 0 bridgehead atoms. The van der Waals surface area contributed by atoms with Crippen molar-refractivity contribution < 1.29 is 26.4 Å². The maximum Gasteiger partial charge on any atom is 0.417 e. The Bertz CT molecular complexity index is 840. The van der Waals surface area contributed by atoms with E-state index in [9.17, 15) is 26.4 Å². The fourth-order valence-corrected chi connectivity index (χ4v) is 5.10. The topological polar surface area (TPSA) is 60.9 Å². The highest BCUT2D eigenvalue weighted by Gasteiger charge is 2.36. The van der Waals surface area contributed by atoms with Gasteiger partial charge in [-0.2, -0.15) is 17.5 Å². The fourth-order valence-electron chi connectivity index (χ4n) is 3.43. The van der Waals surface area contributed by atoms with Gasteiger partial charge in [0.05, 0.1) is 15.5 Å². The van der Waals surface area contributed by atoms with Crippen LogP contribution in [-0.2, 0) is 21.0 Å². The van der Waals surface area contributed by atoms with E-state index >= 15 is 0 Å². The molecule has 2 aliphatic heterocycles. The smallest absolute Gasteiger partial charge is 0.341 e. The number of carbonyl (C=O) groups is 1. The highest BCUT2D eigenvalue weighted by Crippen LogP contribution is 2.36. The Morgan fingerprint density at radius 1 is 1.04 bits per heavy atom. The predicted octanol–water partition coefficient (Wildman–Crippen LogP) is 2.29. The molecule has 1 aromatic rings. The van der Waals surface area contributed by atoms with E-state index in [2.05, 4.69) is 4.90 Å². The molecule has 0 aliphatic carbocycles. The molecule has 1 amide bonds. The second-order valence-electron chi connectivity index (χ2n) is 6.87. The summed E-state index contributed by atoms with van der Waals surface area (Å²) in [5.41, 5.74) is -1.16. The quantitative estimate of drug-likeness (QED) is 0.706. The Hall–Kier alpha value is -1.36. The molecule has 0 saturated carbocycles. The molecule has 0 radical (unpaired) electrons. The van der Waals surface area contributed by atoms with Gasteiger partial charge in [0.25, 0.3) is 0 Å². The van der Waals surface area contributed by atoms with Crippen LogP contribution in [0.1, 0.15) is 18.4 Å². The highest BCUT2D eigenvalue weighted by molar-refractivity contribution is 7.89. The van der Waals surface area contributed by atoms with E-state index in [0.717, 1.165) is 25.1 Å². The lowest BCUT2D eigenvalue weighted by Gasteiger charge is -2.34. The second-order valence-corrected chi connectivity index (χ2v) is 9.21. The molecule has 1 aromatic carbocycles. The summed E-state index contributed by atoms with van der Waals surface area (Å²) < 4.78 is 65.7. The standard InChI is InChI=1S/C17H21ClF3N3O3S/c18-15-4-3-13(12-14(15)17(19,20)21)28(26,27)24-10-7-22(8-11-24)6-9-23-5-1-2-16(23)25/h3-4,12H,1-2,5-11H2. The molecular formula is C17H21ClF3N3O3S. The molecule has 2 saturated heterocycles. The lowest BCUT2D eigenvalue weighted by Crippen LogP contribution is -2.50. The van der Waals surface area contributed by atoms with Crippen LogP contribution in [0.3, 0.4) is 0 Å². The van der Waals surface area contributed by atoms with Gasteiger partial charge in [0.1, 0.15) is 0 Å². The van der Waals surface area contributed by atoms with Gasteiger partial charge in [0.2, 0.25) is 15.9 Å². The SMILES string of the molecule is O=C1CCCN1CCN1CCN(S(=O)(=O)c2ccc(Cl)c(C(F)(F)F)c2)CC1. The van der Waals surface area contributed by atoms with Gasteiger partial charge in [-0.1, -0.05) is 11.6 Å². The fraction of sp³-hybridized carbons (Fsp3) is 0.588. The minimum absolute atomic E-state index is 0.143. The number of halogens is 4. The van der Waals surface area contributed by atoms with Crippen molar-refractivity contribution in [1.82, 2.24) is 14.1 Å². The minimum atomic E-state index is -4.73. The number of sulfonamides is 1. The van der Waals surface area contributed by atoms with Gasteiger partial charge in [-0.3, -0.25) is 9.69 Å². The van der Waals surface area contributed by atoms with E-state index in [1.165, 1.54) is 4.31 Å². The Morgan fingerprint density at radius 2 is 1.71 bits per heavy atom. The van der Waals surface area contributed by atoms with Crippen molar-refractivity contribution in [2.24, 2.45) is 0 Å². The summed E-state index contributed by atoms with van der Waals surface area (Å²) in [6.07, 6.45) is -3.28. The van der Waals surface area contributed by atoms with Crippen LogP contribution in [0, 0.1) is 0 Å². The van der Waals surface area contributed by atoms with Gasteiger partial charge in [-0.15, -0.1) is 0 Å². The number of hydrogen-bond donors (Lipinski definition) is 0. The zero-order chi connectivity index (χ0) is 20.5. The molecule has 3 rings (SSSR count). The molecule has 2 fully saturated rings. The Labute approximate surface area is 166 Å². The van der Waals surface area contributed by atoms with Crippen molar-refractivity contribution in [3.05, 3.63) is 28.8 Å². The van der Waals surface area contributed by atoms with E-state index in [-0.39, 0.29) is 19.0 Å². The van der Waals surface area contributed by atoms with Crippen molar-refractivity contribution >= 4 is 27.5 Å². The average Bonchev–Trinajstić information content (AvgIpc) is 3.04. The van der Waals surface area contributed by atoms with Crippen molar-refractivity contribution in [2.75, 3.05) is 45.8 Å². The number of hydrogen-bond acceptors (Lipinski definition) is 4. The number of piperazine rings is 1. The van der Waals surface area contributed by atoms with Gasteiger partial charge >= 0.3 is 6.18 Å². The Morgan fingerprint density at radius 3 is 2.29 bits per heavy atom. The van der Waals surface area contributed by atoms with Crippen LogP contribution < -0.4 is 0 Å². The summed E-state index contributed by atoms with van der Waals surface area (Å²) in [7, 11) is -4.04. The van der Waals surface area contributed by atoms with Crippen LogP contribution in [0.25, 0.3) is 0 Å². The van der Waals surface area contributed by atoms with Crippen molar-refractivity contribution in [1.29, 1.82) is 0 Å². The highest BCUT2D eigenvalue weighted by atomic mass is 35.5.